The first-order valence-electron chi connectivity index (χ1n) is 4.53. The molecule has 0 radical (unpaired) electrons. The monoisotopic (exact) mass is 212 g/mol. The van der Waals surface area contributed by atoms with E-state index in [-0.39, 0.29) is 24.7 Å². The minimum Gasteiger partial charge on any atom is -0.483 e. The van der Waals surface area contributed by atoms with E-state index in [1.165, 1.54) is 13.2 Å². The van der Waals surface area contributed by atoms with Gasteiger partial charge in [-0.15, -0.1) is 0 Å². The molecule has 1 rings (SSSR count). The highest BCUT2D eigenvalue weighted by Crippen LogP contribution is 2.19. The van der Waals surface area contributed by atoms with E-state index in [1.54, 1.807) is 19.1 Å². The van der Waals surface area contributed by atoms with Crippen molar-refractivity contribution in [1.82, 2.24) is 0 Å². The van der Waals surface area contributed by atoms with Crippen LogP contribution < -0.4 is 4.74 Å². The van der Waals surface area contributed by atoms with Crippen LogP contribution in [0.2, 0.25) is 0 Å². The van der Waals surface area contributed by atoms with Crippen LogP contribution in [0.15, 0.2) is 18.2 Å². The molecule has 0 aliphatic carbocycles. The van der Waals surface area contributed by atoms with Gasteiger partial charge in [0.15, 0.2) is 17.3 Å². The highest BCUT2D eigenvalue weighted by Gasteiger charge is 2.08. The number of ketones is 1. The lowest BCUT2D eigenvalue weighted by molar-refractivity contribution is -0.124. The second kappa shape index (κ2) is 5.46. The third-order valence-electron chi connectivity index (χ3n) is 1.85. The fourth-order valence-corrected chi connectivity index (χ4v) is 1.09. The summed E-state index contributed by atoms with van der Waals surface area (Å²) in [6, 6.07) is 4.80. The summed E-state index contributed by atoms with van der Waals surface area (Å²) in [7, 11) is 1.42. The van der Waals surface area contributed by atoms with Crippen LogP contribution in [0.1, 0.15) is 5.56 Å². The lowest BCUT2D eigenvalue weighted by Crippen LogP contribution is -2.16. The van der Waals surface area contributed by atoms with E-state index in [1.807, 2.05) is 0 Å². The Morgan fingerprint density at radius 2 is 2.13 bits per heavy atom. The molecule has 0 saturated carbocycles. The molecule has 0 atom stereocenters. The number of hydrogen-bond acceptors (Lipinski definition) is 3. The molecule has 1 aromatic carbocycles. The second-order valence-electron chi connectivity index (χ2n) is 3.15. The molecule has 0 aliphatic heterocycles. The van der Waals surface area contributed by atoms with Gasteiger partial charge in [-0.2, -0.15) is 0 Å². The molecule has 0 amide bonds. The van der Waals surface area contributed by atoms with Crippen molar-refractivity contribution in [2.24, 2.45) is 0 Å². The summed E-state index contributed by atoms with van der Waals surface area (Å²) in [5, 5.41) is 0. The number of Topliss-reactive ketones (excluding diaryl/α,β-unsaturated/α-hetero) is 1. The Morgan fingerprint density at radius 3 is 2.80 bits per heavy atom. The number of methoxy groups -OCH3 is 1. The molecule has 15 heavy (non-hydrogen) atoms. The predicted octanol–water partition coefficient (Wildman–Crippen LogP) is 1.73. The minimum absolute atomic E-state index is 0.0204. The topological polar surface area (TPSA) is 35.5 Å². The zero-order chi connectivity index (χ0) is 11.3. The fourth-order valence-electron chi connectivity index (χ4n) is 1.09. The maximum atomic E-state index is 13.4. The Labute approximate surface area is 87.8 Å². The first-order chi connectivity index (χ1) is 7.15. The van der Waals surface area contributed by atoms with Gasteiger partial charge in [-0.25, -0.2) is 4.39 Å². The number of carbonyl (C=O) groups excluding carboxylic acids is 1. The summed E-state index contributed by atoms with van der Waals surface area (Å²) in [5.41, 5.74) is 0.492. The quantitative estimate of drug-likeness (QED) is 0.745. The van der Waals surface area contributed by atoms with Gasteiger partial charge >= 0.3 is 0 Å². The number of benzene rings is 1. The van der Waals surface area contributed by atoms with Crippen molar-refractivity contribution in [3.8, 4) is 5.75 Å². The normalized spacial score (nSPS) is 10.1. The molecule has 0 aliphatic rings. The van der Waals surface area contributed by atoms with Gasteiger partial charge in [-0.1, -0.05) is 12.1 Å². The van der Waals surface area contributed by atoms with Gasteiger partial charge in [-0.05, 0) is 18.6 Å². The Morgan fingerprint density at radius 1 is 1.40 bits per heavy atom. The van der Waals surface area contributed by atoms with Gasteiger partial charge in [0.2, 0.25) is 0 Å². The summed E-state index contributed by atoms with van der Waals surface area (Å²) in [6.07, 6.45) is 0. The number of carbonyl (C=O) groups is 1. The molecule has 0 heterocycles. The summed E-state index contributed by atoms with van der Waals surface area (Å²) < 4.78 is 23.0. The van der Waals surface area contributed by atoms with Crippen LogP contribution >= 0.6 is 0 Å². The number of halogens is 1. The zero-order valence-corrected chi connectivity index (χ0v) is 8.75. The third kappa shape index (κ3) is 3.32. The number of ether oxygens (including phenoxy) is 2. The van der Waals surface area contributed by atoms with E-state index >= 15 is 0 Å². The first-order valence-corrected chi connectivity index (χ1v) is 4.53. The van der Waals surface area contributed by atoms with Gasteiger partial charge in [0.1, 0.15) is 13.2 Å². The lowest BCUT2D eigenvalue weighted by Gasteiger charge is -2.07. The standard InChI is InChI=1S/C11H13FO3/c1-8-4-3-5-10(11(8)12)15-7-9(13)6-14-2/h3-5H,6-7H2,1-2H3. The van der Waals surface area contributed by atoms with Crippen LogP contribution in [0.25, 0.3) is 0 Å². The Bertz CT molecular complexity index is 350. The van der Waals surface area contributed by atoms with Crippen molar-refractivity contribution in [2.45, 2.75) is 6.92 Å². The van der Waals surface area contributed by atoms with Crippen molar-refractivity contribution < 1.29 is 18.7 Å². The van der Waals surface area contributed by atoms with Gasteiger partial charge in [-0.3, -0.25) is 4.79 Å². The van der Waals surface area contributed by atoms with Crippen molar-refractivity contribution >= 4 is 5.78 Å². The maximum Gasteiger partial charge on any atom is 0.195 e. The van der Waals surface area contributed by atoms with Gasteiger partial charge in [0.05, 0.1) is 0 Å². The first kappa shape index (κ1) is 11.7. The van der Waals surface area contributed by atoms with Crippen molar-refractivity contribution in [1.29, 1.82) is 0 Å². The Kier molecular flexibility index (Phi) is 4.24. The van der Waals surface area contributed by atoms with Crippen molar-refractivity contribution in [2.75, 3.05) is 20.3 Å². The lowest BCUT2D eigenvalue weighted by atomic mass is 10.2. The molecule has 82 valence electrons. The van der Waals surface area contributed by atoms with Gasteiger partial charge in [0.25, 0.3) is 0 Å². The van der Waals surface area contributed by atoms with E-state index in [0.29, 0.717) is 5.56 Å². The smallest absolute Gasteiger partial charge is 0.195 e. The molecule has 3 nitrogen and oxygen atoms in total. The summed E-state index contributed by atoms with van der Waals surface area (Å²) >= 11 is 0. The molecule has 1 aromatic rings. The highest BCUT2D eigenvalue weighted by atomic mass is 19.1. The number of rotatable bonds is 5. The third-order valence-corrected chi connectivity index (χ3v) is 1.85. The van der Waals surface area contributed by atoms with Crippen LogP contribution in [0.3, 0.4) is 0 Å². The average Bonchev–Trinajstić information content (AvgIpc) is 2.21. The van der Waals surface area contributed by atoms with E-state index in [9.17, 15) is 9.18 Å². The number of hydrogen-bond donors (Lipinski definition) is 0. The molecule has 0 N–H and O–H groups in total. The van der Waals surface area contributed by atoms with Crippen molar-refractivity contribution in [3.05, 3.63) is 29.6 Å². The zero-order valence-electron chi connectivity index (χ0n) is 8.75. The predicted molar refractivity (Wildman–Crippen MR) is 53.5 cm³/mol. The van der Waals surface area contributed by atoms with Crippen LogP contribution in [0.4, 0.5) is 4.39 Å². The molecular weight excluding hydrogens is 199 g/mol. The molecule has 0 unspecified atom stereocenters. The molecule has 0 fully saturated rings. The van der Waals surface area contributed by atoms with Gasteiger partial charge in [0, 0.05) is 7.11 Å². The average molecular weight is 212 g/mol. The maximum absolute atomic E-state index is 13.4. The molecule has 0 bridgehead atoms. The van der Waals surface area contributed by atoms with E-state index in [0.717, 1.165) is 0 Å². The summed E-state index contributed by atoms with van der Waals surface area (Å²) in [6.45, 7) is 1.45. The summed E-state index contributed by atoms with van der Waals surface area (Å²) in [4.78, 5) is 11.0. The largest absolute Gasteiger partial charge is 0.483 e. The van der Waals surface area contributed by atoms with Crippen molar-refractivity contribution in [3.63, 3.8) is 0 Å². The Hall–Kier alpha value is -1.42. The Balaban J connectivity index is 2.58. The molecular formula is C11H13FO3. The summed E-state index contributed by atoms with van der Waals surface area (Å²) in [5.74, 6) is -0.555. The van der Waals surface area contributed by atoms with Gasteiger partial charge < -0.3 is 9.47 Å². The van der Waals surface area contributed by atoms with E-state index in [2.05, 4.69) is 4.74 Å². The van der Waals surface area contributed by atoms with E-state index < -0.39 is 5.82 Å². The number of aryl methyl sites for hydroxylation is 1. The fraction of sp³-hybridized carbons (Fsp3) is 0.364. The second-order valence-corrected chi connectivity index (χ2v) is 3.15. The van der Waals surface area contributed by atoms with Crippen LogP contribution in [0.5, 0.6) is 5.75 Å². The SMILES string of the molecule is COCC(=O)COc1cccc(C)c1F. The van der Waals surface area contributed by atoms with E-state index in [4.69, 9.17) is 4.74 Å². The minimum atomic E-state index is -0.428. The molecule has 4 heteroatoms. The highest BCUT2D eigenvalue weighted by molar-refractivity contribution is 5.81. The molecule has 0 saturated heterocycles. The van der Waals surface area contributed by atoms with Crippen LogP contribution in [-0.4, -0.2) is 26.1 Å². The molecule has 0 spiro atoms. The molecule has 0 aromatic heterocycles. The van der Waals surface area contributed by atoms with Crippen LogP contribution in [-0.2, 0) is 9.53 Å². The van der Waals surface area contributed by atoms with Crippen LogP contribution in [0, 0.1) is 12.7 Å².